The molecule has 1 rings (SSSR count). The van der Waals surface area contributed by atoms with Crippen molar-refractivity contribution in [2.75, 3.05) is 0 Å². The van der Waals surface area contributed by atoms with Gasteiger partial charge in [0.2, 0.25) is 0 Å². The number of carboxylic acid groups (broad SMARTS) is 2. The number of hydrogen-bond acceptors (Lipinski definition) is 4. The van der Waals surface area contributed by atoms with E-state index in [2.05, 4.69) is 0 Å². The van der Waals surface area contributed by atoms with Crippen LogP contribution in [0.15, 0.2) is 24.3 Å². The van der Waals surface area contributed by atoms with E-state index in [1.807, 2.05) is 0 Å². The number of carbonyl (C=O) groups is 2. The Bertz CT molecular complexity index is 389. The smallest absolute Gasteiger partial charge is 0.336 e. The molecular weight excluding hydrogens is 226 g/mol. The van der Waals surface area contributed by atoms with Crippen LogP contribution in [0, 0.1) is 0 Å². The molecule has 0 heterocycles. The molecule has 1 unspecified atom stereocenters. The van der Waals surface area contributed by atoms with Gasteiger partial charge in [0.25, 0.3) is 0 Å². The largest absolute Gasteiger partial charge is 0.479 e. The van der Waals surface area contributed by atoms with E-state index in [1.54, 1.807) is 24.3 Å². The van der Waals surface area contributed by atoms with E-state index >= 15 is 0 Å². The third-order valence-electron chi connectivity index (χ3n) is 1.83. The van der Waals surface area contributed by atoms with E-state index in [1.165, 1.54) is 6.92 Å². The number of benzene rings is 1. The number of aliphatic hydroxyl groups is 1. The molecule has 0 bridgehead atoms. The van der Waals surface area contributed by atoms with Gasteiger partial charge >= 0.3 is 11.9 Å². The quantitative estimate of drug-likeness (QED) is 0.603. The SMILES string of the molecule is CC(O)C(=O)O.NCc1ccccc1C(=O)O. The molecule has 0 radical (unpaired) electrons. The van der Waals surface area contributed by atoms with E-state index in [0.717, 1.165) is 0 Å². The lowest BCUT2D eigenvalue weighted by Gasteiger charge is -2.00. The van der Waals surface area contributed by atoms with Crippen LogP contribution >= 0.6 is 0 Å². The standard InChI is InChI=1S/C8H9NO2.C3H6O3/c9-5-6-3-1-2-4-7(6)8(10)11;1-2(4)3(5)6/h1-4H,5,9H2,(H,10,11);2,4H,1H3,(H,5,6). The topological polar surface area (TPSA) is 121 Å². The first-order chi connectivity index (χ1) is 7.90. The molecule has 0 amide bonds. The zero-order chi connectivity index (χ0) is 13.4. The van der Waals surface area contributed by atoms with Gasteiger partial charge in [-0.3, -0.25) is 0 Å². The van der Waals surface area contributed by atoms with Gasteiger partial charge in [-0.25, -0.2) is 9.59 Å². The number of rotatable bonds is 3. The summed E-state index contributed by atoms with van der Waals surface area (Å²) < 4.78 is 0. The molecule has 5 N–H and O–H groups in total. The molecule has 94 valence electrons. The highest BCUT2D eigenvalue weighted by atomic mass is 16.4. The van der Waals surface area contributed by atoms with Crippen LogP contribution < -0.4 is 5.73 Å². The highest BCUT2D eigenvalue weighted by molar-refractivity contribution is 5.89. The van der Waals surface area contributed by atoms with Crippen LogP contribution in [0.2, 0.25) is 0 Å². The molecule has 0 aromatic heterocycles. The minimum Gasteiger partial charge on any atom is -0.479 e. The van der Waals surface area contributed by atoms with Crippen molar-refractivity contribution in [2.24, 2.45) is 5.73 Å². The number of nitrogens with two attached hydrogens (primary N) is 1. The lowest BCUT2D eigenvalue weighted by molar-refractivity contribution is -0.145. The zero-order valence-electron chi connectivity index (χ0n) is 9.33. The molecule has 0 saturated carbocycles. The molecule has 0 fully saturated rings. The molecule has 17 heavy (non-hydrogen) atoms. The van der Waals surface area contributed by atoms with Gasteiger partial charge < -0.3 is 21.1 Å². The van der Waals surface area contributed by atoms with Crippen molar-refractivity contribution < 1.29 is 24.9 Å². The number of hydrogen-bond donors (Lipinski definition) is 4. The summed E-state index contributed by atoms with van der Waals surface area (Å²) in [6, 6.07) is 6.71. The minimum absolute atomic E-state index is 0.266. The Morgan fingerprint density at radius 3 is 2.06 bits per heavy atom. The summed E-state index contributed by atoms with van der Waals surface area (Å²) in [5.41, 5.74) is 6.28. The highest BCUT2D eigenvalue weighted by Crippen LogP contribution is 2.06. The molecule has 1 aromatic rings. The molecule has 0 aliphatic heterocycles. The normalized spacial score (nSPS) is 11.0. The molecule has 6 heteroatoms. The maximum absolute atomic E-state index is 10.5. The van der Waals surface area contributed by atoms with Gasteiger partial charge in [-0.1, -0.05) is 18.2 Å². The van der Waals surface area contributed by atoms with Crippen molar-refractivity contribution in [2.45, 2.75) is 19.6 Å². The van der Waals surface area contributed by atoms with Crippen molar-refractivity contribution in [3.8, 4) is 0 Å². The van der Waals surface area contributed by atoms with E-state index in [9.17, 15) is 9.59 Å². The van der Waals surface area contributed by atoms with Crippen molar-refractivity contribution in [1.29, 1.82) is 0 Å². The molecule has 0 aliphatic carbocycles. The fraction of sp³-hybridized carbons (Fsp3) is 0.273. The lowest BCUT2D eigenvalue weighted by Crippen LogP contribution is -2.13. The molecule has 0 saturated heterocycles. The van der Waals surface area contributed by atoms with Crippen molar-refractivity contribution in [3.63, 3.8) is 0 Å². The molecule has 1 atom stereocenters. The van der Waals surface area contributed by atoms with Crippen LogP contribution in [0.5, 0.6) is 0 Å². The third kappa shape index (κ3) is 5.64. The molecule has 6 nitrogen and oxygen atoms in total. The van der Waals surface area contributed by atoms with Crippen LogP contribution in [-0.2, 0) is 11.3 Å². The monoisotopic (exact) mass is 241 g/mol. The molecular formula is C11H15NO5. The van der Waals surface area contributed by atoms with E-state index in [0.29, 0.717) is 5.56 Å². The summed E-state index contributed by atoms with van der Waals surface area (Å²) in [7, 11) is 0. The summed E-state index contributed by atoms with van der Waals surface area (Å²) in [4.78, 5) is 20.0. The first-order valence-corrected chi connectivity index (χ1v) is 4.82. The summed E-state index contributed by atoms with van der Waals surface area (Å²) in [5, 5.41) is 24.4. The lowest BCUT2D eigenvalue weighted by atomic mass is 10.1. The molecule has 0 aliphatic rings. The number of aliphatic hydroxyl groups excluding tert-OH is 1. The number of aliphatic carboxylic acids is 1. The fourth-order valence-corrected chi connectivity index (χ4v) is 0.907. The molecule has 0 spiro atoms. The van der Waals surface area contributed by atoms with Crippen LogP contribution in [0.1, 0.15) is 22.8 Å². The minimum atomic E-state index is -1.23. The summed E-state index contributed by atoms with van der Waals surface area (Å²) in [6.07, 6.45) is -1.23. The summed E-state index contributed by atoms with van der Waals surface area (Å²) in [5.74, 6) is -2.11. The van der Waals surface area contributed by atoms with Crippen LogP contribution in [0.4, 0.5) is 0 Å². The van der Waals surface area contributed by atoms with Crippen molar-refractivity contribution in [3.05, 3.63) is 35.4 Å². The van der Waals surface area contributed by atoms with E-state index in [4.69, 9.17) is 21.1 Å². The van der Waals surface area contributed by atoms with Crippen LogP contribution in [0.3, 0.4) is 0 Å². The van der Waals surface area contributed by atoms with E-state index < -0.39 is 18.0 Å². The third-order valence-corrected chi connectivity index (χ3v) is 1.83. The van der Waals surface area contributed by atoms with E-state index in [-0.39, 0.29) is 12.1 Å². The predicted molar refractivity (Wildman–Crippen MR) is 60.6 cm³/mol. The van der Waals surface area contributed by atoms with Crippen LogP contribution in [0.25, 0.3) is 0 Å². The second-order valence-electron chi connectivity index (χ2n) is 3.18. The van der Waals surface area contributed by atoms with Crippen molar-refractivity contribution in [1.82, 2.24) is 0 Å². The second-order valence-corrected chi connectivity index (χ2v) is 3.18. The first kappa shape index (κ1) is 15.1. The predicted octanol–water partition coefficient (Wildman–Crippen LogP) is 0.295. The van der Waals surface area contributed by atoms with Gasteiger partial charge in [-0.05, 0) is 18.6 Å². The molecule has 1 aromatic carbocycles. The van der Waals surface area contributed by atoms with Crippen LogP contribution in [-0.4, -0.2) is 33.4 Å². The highest BCUT2D eigenvalue weighted by Gasteiger charge is 2.05. The Morgan fingerprint density at radius 1 is 1.29 bits per heavy atom. The second kappa shape index (κ2) is 7.37. The maximum Gasteiger partial charge on any atom is 0.336 e. The van der Waals surface area contributed by atoms with Gasteiger partial charge in [-0.2, -0.15) is 0 Å². The maximum atomic E-state index is 10.5. The van der Waals surface area contributed by atoms with Gasteiger partial charge in [0, 0.05) is 6.54 Å². The zero-order valence-corrected chi connectivity index (χ0v) is 9.33. The van der Waals surface area contributed by atoms with Gasteiger partial charge in [0.05, 0.1) is 5.56 Å². The Hall–Kier alpha value is -1.92. The Balaban J connectivity index is 0.000000366. The van der Waals surface area contributed by atoms with Crippen molar-refractivity contribution >= 4 is 11.9 Å². The summed E-state index contributed by atoms with van der Waals surface area (Å²) in [6.45, 7) is 1.46. The first-order valence-electron chi connectivity index (χ1n) is 4.82. The average Bonchev–Trinajstić information content (AvgIpc) is 2.29. The average molecular weight is 241 g/mol. The summed E-state index contributed by atoms with van der Waals surface area (Å²) >= 11 is 0. The van der Waals surface area contributed by atoms with Gasteiger partial charge in [0.1, 0.15) is 6.10 Å². The Labute approximate surface area is 98.3 Å². The van der Waals surface area contributed by atoms with Gasteiger partial charge in [-0.15, -0.1) is 0 Å². The Morgan fingerprint density at radius 2 is 1.76 bits per heavy atom. The van der Waals surface area contributed by atoms with Gasteiger partial charge in [0.15, 0.2) is 0 Å². The Kier molecular flexibility index (Phi) is 6.54. The fourth-order valence-electron chi connectivity index (χ4n) is 0.907. The number of carboxylic acids is 2. The number of aromatic carboxylic acids is 1.